The van der Waals surface area contributed by atoms with E-state index < -0.39 is 6.04 Å². The van der Waals surface area contributed by atoms with E-state index in [2.05, 4.69) is 5.32 Å². The van der Waals surface area contributed by atoms with Crippen LogP contribution in [-0.2, 0) is 22.6 Å². The number of carbonyl (C=O) groups is 2. The Morgan fingerprint density at radius 1 is 0.906 bits per heavy atom. The number of hydrogen-bond donors (Lipinski definition) is 1. The lowest BCUT2D eigenvalue weighted by Crippen LogP contribution is -2.51. The van der Waals surface area contributed by atoms with E-state index in [0.29, 0.717) is 22.2 Å². The largest absolute Gasteiger partial charge is 0.482 e. The molecule has 0 aromatic heterocycles. The maximum absolute atomic E-state index is 13.3. The van der Waals surface area contributed by atoms with Gasteiger partial charge in [-0.25, -0.2) is 0 Å². The van der Waals surface area contributed by atoms with Crippen LogP contribution in [0.5, 0.6) is 5.75 Å². The van der Waals surface area contributed by atoms with Gasteiger partial charge in [-0.15, -0.1) is 0 Å². The van der Waals surface area contributed by atoms with Crippen molar-refractivity contribution in [3.8, 4) is 5.75 Å². The number of halogens is 2. The van der Waals surface area contributed by atoms with E-state index in [9.17, 15) is 9.59 Å². The van der Waals surface area contributed by atoms with Crippen LogP contribution in [0.1, 0.15) is 11.1 Å². The van der Waals surface area contributed by atoms with E-state index in [1.807, 2.05) is 48.5 Å². The van der Waals surface area contributed by atoms with Gasteiger partial charge in [0.15, 0.2) is 6.61 Å². The van der Waals surface area contributed by atoms with Crippen LogP contribution in [0.15, 0.2) is 78.9 Å². The predicted molar refractivity (Wildman–Crippen MR) is 127 cm³/mol. The maximum atomic E-state index is 13.3. The van der Waals surface area contributed by atoms with Gasteiger partial charge in [-0.1, -0.05) is 83.9 Å². The topological polar surface area (TPSA) is 58.6 Å². The molecule has 0 spiro atoms. The first kappa shape index (κ1) is 23.6. The Balaban J connectivity index is 1.89. The van der Waals surface area contributed by atoms with Crippen LogP contribution < -0.4 is 10.1 Å². The molecule has 0 aliphatic rings. The van der Waals surface area contributed by atoms with Crippen LogP contribution in [0.25, 0.3) is 0 Å². The highest BCUT2D eigenvalue weighted by Gasteiger charge is 2.30. The first-order valence-electron chi connectivity index (χ1n) is 10.2. The van der Waals surface area contributed by atoms with Crippen molar-refractivity contribution in [3.05, 3.63) is 100 Å². The first-order valence-corrected chi connectivity index (χ1v) is 10.9. The molecular weight excluding hydrogens is 447 g/mol. The van der Waals surface area contributed by atoms with E-state index in [1.54, 1.807) is 37.4 Å². The van der Waals surface area contributed by atoms with Gasteiger partial charge in [-0.3, -0.25) is 9.59 Å². The molecule has 0 radical (unpaired) electrons. The van der Waals surface area contributed by atoms with Crippen LogP contribution in [-0.4, -0.2) is 36.4 Å². The number of hydrogen-bond acceptors (Lipinski definition) is 3. The Labute approximate surface area is 197 Å². The first-order chi connectivity index (χ1) is 15.5. The number of carbonyl (C=O) groups excluding carboxylic acids is 2. The highest BCUT2D eigenvalue weighted by atomic mass is 35.5. The van der Waals surface area contributed by atoms with Crippen molar-refractivity contribution < 1.29 is 14.3 Å². The lowest BCUT2D eigenvalue weighted by Gasteiger charge is -2.31. The molecule has 0 unspecified atom stereocenters. The summed E-state index contributed by atoms with van der Waals surface area (Å²) in [6.45, 7) is -0.105. The number of ether oxygens (including phenoxy) is 1. The standard InChI is InChI=1S/C25H24Cl2N2O3/c1-28-25(31)22(15-18-9-3-2-4-10-18)29(16-19-11-5-6-12-20(19)26)24(30)17-32-23-14-8-7-13-21(23)27/h2-14,22H,15-17H2,1H3,(H,28,31)/t22-/m1/s1. The minimum Gasteiger partial charge on any atom is -0.482 e. The van der Waals surface area contributed by atoms with Crippen molar-refractivity contribution in [2.45, 2.75) is 19.0 Å². The summed E-state index contributed by atoms with van der Waals surface area (Å²) in [6.07, 6.45) is 0.350. The normalized spacial score (nSPS) is 11.5. The van der Waals surface area contributed by atoms with Gasteiger partial charge in [0.05, 0.1) is 5.02 Å². The molecule has 0 heterocycles. The lowest BCUT2D eigenvalue weighted by molar-refractivity contribution is -0.142. The summed E-state index contributed by atoms with van der Waals surface area (Å²) in [5.41, 5.74) is 1.67. The fourth-order valence-electron chi connectivity index (χ4n) is 3.31. The molecule has 0 aliphatic heterocycles. The molecule has 32 heavy (non-hydrogen) atoms. The van der Waals surface area contributed by atoms with Gasteiger partial charge in [0, 0.05) is 25.0 Å². The zero-order valence-electron chi connectivity index (χ0n) is 17.6. The van der Waals surface area contributed by atoms with Gasteiger partial charge in [-0.2, -0.15) is 0 Å². The molecule has 2 amide bonds. The van der Waals surface area contributed by atoms with Gasteiger partial charge in [0.2, 0.25) is 5.91 Å². The predicted octanol–water partition coefficient (Wildman–Crippen LogP) is 4.76. The Bertz CT molecular complexity index is 1060. The highest BCUT2D eigenvalue weighted by Crippen LogP contribution is 2.24. The van der Waals surface area contributed by atoms with Crippen LogP contribution in [0.3, 0.4) is 0 Å². The fraction of sp³-hybridized carbons (Fsp3) is 0.200. The molecule has 0 aliphatic carbocycles. The Kier molecular flexibility index (Phi) is 8.54. The van der Waals surface area contributed by atoms with Gasteiger partial charge in [0.25, 0.3) is 5.91 Å². The molecule has 5 nitrogen and oxygen atoms in total. The lowest BCUT2D eigenvalue weighted by atomic mass is 10.0. The molecule has 0 fully saturated rings. The van der Waals surface area contributed by atoms with Gasteiger partial charge < -0.3 is 15.0 Å². The Morgan fingerprint density at radius 2 is 1.53 bits per heavy atom. The second kappa shape index (κ2) is 11.6. The van der Waals surface area contributed by atoms with E-state index in [-0.39, 0.29) is 25.0 Å². The van der Waals surface area contributed by atoms with Crippen LogP contribution in [0, 0.1) is 0 Å². The van der Waals surface area contributed by atoms with Crippen molar-refractivity contribution in [2.24, 2.45) is 0 Å². The Morgan fingerprint density at radius 3 is 2.19 bits per heavy atom. The summed E-state index contributed by atoms with van der Waals surface area (Å²) in [4.78, 5) is 27.7. The zero-order chi connectivity index (χ0) is 22.9. The number of rotatable bonds is 9. The summed E-state index contributed by atoms with van der Waals surface area (Å²) < 4.78 is 5.67. The molecule has 3 rings (SSSR count). The molecule has 7 heteroatoms. The Hall–Kier alpha value is -3.02. The highest BCUT2D eigenvalue weighted by molar-refractivity contribution is 6.32. The minimum absolute atomic E-state index is 0.162. The van der Waals surface area contributed by atoms with Gasteiger partial charge >= 0.3 is 0 Å². The third-order valence-electron chi connectivity index (χ3n) is 5.00. The average Bonchev–Trinajstić information content (AvgIpc) is 2.82. The van der Waals surface area contributed by atoms with E-state index >= 15 is 0 Å². The van der Waals surface area contributed by atoms with Crippen molar-refractivity contribution in [3.63, 3.8) is 0 Å². The van der Waals surface area contributed by atoms with Gasteiger partial charge in [-0.05, 0) is 29.3 Å². The van der Waals surface area contributed by atoms with Crippen molar-refractivity contribution in [1.82, 2.24) is 10.2 Å². The van der Waals surface area contributed by atoms with Crippen molar-refractivity contribution in [1.29, 1.82) is 0 Å². The molecule has 3 aromatic rings. The minimum atomic E-state index is -0.749. The van der Waals surface area contributed by atoms with E-state index in [1.165, 1.54) is 4.90 Å². The quantitative estimate of drug-likeness (QED) is 0.490. The number of nitrogens with zero attached hydrogens (tertiary/aromatic N) is 1. The number of nitrogens with one attached hydrogen (secondary N) is 1. The van der Waals surface area contributed by atoms with E-state index in [4.69, 9.17) is 27.9 Å². The molecule has 0 bridgehead atoms. The molecule has 3 aromatic carbocycles. The van der Waals surface area contributed by atoms with Crippen molar-refractivity contribution >= 4 is 35.0 Å². The zero-order valence-corrected chi connectivity index (χ0v) is 19.1. The van der Waals surface area contributed by atoms with Crippen LogP contribution in [0.2, 0.25) is 10.0 Å². The molecule has 1 atom stereocenters. The number of likely N-dealkylation sites (N-methyl/N-ethyl adjacent to an activating group) is 1. The average molecular weight is 471 g/mol. The third kappa shape index (κ3) is 6.25. The molecule has 0 saturated carbocycles. The summed E-state index contributed by atoms with van der Waals surface area (Å²) in [6, 6.07) is 23.0. The molecule has 166 valence electrons. The number of para-hydroxylation sites is 1. The smallest absolute Gasteiger partial charge is 0.261 e. The monoisotopic (exact) mass is 470 g/mol. The van der Waals surface area contributed by atoms with Crippen LogP contribution >= 0.6 is 23.2 Å². The molecule has 1 N–H and O–H groups in total. The third-order valence-corrected chi connectivity index (χ3v) is 5.68. The van der Waals surface area contributed by atoms with E-state index in [0.717, 1.165) is 11.1 Å². The maximum Gasteiger partial charge on any atom is 0.261 e. The molecule has 0 saturated heterocycles. The molecular formula is C25H24Cl2N2O3. The summed E-state index contributed by atoms with van der Waals surface area (Å²) in [5, 5.41) is 3.60. The fourth-order valence-corrected chi connectivity index (χ4v) is 3.70. The number of benzene rings is 3. The van der Waals surface area contributed by atoms with Crippen molar-refractivity contribution in [2.75, 3.05) is 13.7 Å². The van der Waals surface area contributed by atoms with Crippen LogP contribution in [0.4, 0.5) is 0 Å². The second-order valence-corrected chi connectivity index (χ2v) is 7.97. The summed E-state index contributed by atoms with van der Waals surface area (Å²) >= 11 is 12.5. The number of amides is 2. The second-order valence-electron chi connectivity index (χ2n) is 7.15. The summed E-state index contributed by atoms with van der Waals surface area (Å²) in [7, 11) is 1.55. The SMILES string of the molecule is CNC(=O)[C@@H](Cc1ccccc1)N(Cc1ccccc1Cl)C(=O)COc1ccccc1Cl. The van der Waals surface area contributed by atoms with Gasteiger partial charge in [0.1, 0.15) is 11.8 Å². The summed E-state index contributed by atoms with van der Waals surface area (Å²) in [5.74, 6) is -0.221.